The van der Waals surface area contributed by atoms with Gasteiger partial charge in [-0.1, -0.05) is 23.7 Å². The predicted octanol–water partition coefficient (Wildman–Crippen LogP) is 4.87. The van der Waals surface area contributed by atoms with Crippen molar-refractivity contribution in [3.63, 3.8) is 0 Å². The fourth-order valence-electron chi connectivity index (χ4n) is 1.76. The van der Waals surface area contributed by atoms with Gasteiger partial charge in [-0.15, -0.1) is 0 Å². The molecule has 0 N–H and O–H groups in total. The van der Waals surface area contributed by atoms with Crippen LogP contribution in [0.25, 0.3) is 0 Å². The first-order valence-corrected chi connectivity index (χ1v) is 6.38. The monoisotopic (exact) mass is 345 g/mol. The van der Waals surface area contributed by atoms with Crippen molar-refractivity contribution in [2.75, 3.05) is 0 Å². The van der Waals surface area contributed by atoms with Gasteiger partial charge in [-0.3, -0.25) is 14.9 Å². The molecule has 0 aliphatic carbocycles. The number of aldehydes is 1. The Labute approximate surface area is 132 Å². The number of benzene rings is 2. The second kappa shape index (κ2) is 6.25. The zero-order valence-corrected chi connectivity index (χ0v) is 11.9. The smallest absolute Gasteiger partial charge is 0.418 e. The van der Waals surface area contributed by atoms with E-state index in [9.17, 15) is 28.1 Å². The van der Waals surface area contributed by atoms with Gasteiger partial charge in [0.15, 0.2) is 0 Å². The van der Waals surface area contributed by atoms with E-state index in [1.54, 1.807) is 0 Å². The number of nitrogens with zero attached hydrogens (tertiary/aromatic N) is 1. The molecule has 0 spiro atoms. The largest absolute Gasteiger partial charge is 0.450 e. The fourth-order valence-corrected chi connectivity index (χ4v) is 2.02. The lowest BCUT2D eigenvalue weighted by molar-refractivity contribution is -0.385. The van der Waals surface area contributed by atoms with Gasteiger partial charge < -0.3 is 4.74 Å². The van der Waals surface area contributed by atoms with Gasteiger partial charge in [-0.05, 0) is 12.1 Å². The first-order valence-electron chi connectivity index (χ1n) is 6.00. The van der Waals surface area contributed by atoms with Crippen LogP contribution in [0.3, 0.4) is 0 Å². The molecule has 9 heteroatoms. The Bertz CT molecular complexity index is 777. The number of nitro benzene ring substituents is 1. The molecular formula is C14H7ClF3NO4. The van der Waals surface area contributed by atoms with Crippen LogP contribution in [0.5, 0.6) is 11.5 Å². The number of ether oxygens (including phenoxy) is 1. The Kier molecular flexibility index (Phi) is 4.55. The summed E-state index contributed by atoms with van der Waals surface area (Å²) < 4.78 is 43.5. The van der Waals surface area contributed by atoms with Crippen molar-refractivity contribution in [3.8, 4) is 11.5 Å². The number of hydrogen-bond donors (Lipinski definition) is 0. The van der Waals surface area contributed by atoms with Crippen LogP contribution in [0.4, 0.5) is 18.9 Å². The third kappa shape index (κ3) is 3.78. The molecule has 0 amide bonds. The Morgan fingerprint density at radius 3 is 2.48 bits per heavy atom. The van der Waals surface area contributed by atoms with Crippen LogP contribution < -0.4 is 4.74 Å². The molecule has 2 aromatic rings. The second-order valence-corrected chi connectivity index (χ2v) is 4.75. The lowest BCUT2D eigenvalue weighted by atomic mass is 10.1. The highest BCUT2D eigenvalue weighted by Crippen LogP contribution is 2.42. The summed E-state index contributed by atoms with van der Waals surface area (Å²) in [5.74, 6) is -0.412. The third-order valence-electron chi connectivity index (χ3n) is 2.77. The number of carbonyl (C=O) groups is 1. The van der Waals surface area contributed by atoms with Gasteiger partial charge in [-0.2, -0.15) is 13.2 Å². The zero-order valence-electron chi connectivity index (χ0n) is 11.1. The van der Waals surface area contributed by atoms with Crippen molar-refractivity contribution in [2.45, 2.75) is 6.18 Å². The maximum absolute atomic E-state index is 12.8. The van der Waals surface area contributed by atoms with Crippen molar-refractivity contribution in [3.05, 3.63) is 62.7 Å². The summed E-state index contributed by atoms with van der Waals surface area (Å²) in [6.07, 6.45) is -4.31. The lowest BCUT2D eigenvalue weighted by Crippen LogP contribution is -2.07. The van der Waals surface area contributed by atoms with E-state index in [0.29, 0.717) is 12.4 Å². The van der Waals surface area contributed by atoms with E-state index >= 15 is 0 Å². The molecule has 0 saturated carbocycles. The summed E-state index contributed by atoms with van der Waals surface area (Å²) >= 11 is 5.54. The number of halogens is 4. The Morgan fingerprint density at radius 1 is 1.22 bits per heavy atom. The highest BCUT2D eigenvalue weighted by atomic mass is 35.5. The molecule has 0 aliphatic heterocycles. The zero-order chi connectivity index (χ0) is 17.2. The van der Waals surface area contributed by atoms with E-state index in [4.69, 9.17) is 16.3 Å². The summed E-state index contributed by atoms with van der Waals surface area (Å²) in [5.41, 5.74) is -1.98. The van der Waals surface area contributed by atoms with E-state index < -0.39 is 33.1 Å². The number of alkyl halides is 3. The maximum Gasteiger partial charge on any atom is 0.418 e. The predicted molar refractivity (Wildman–Crippen MR) is 75.0 cm³/mol. The minimum Gasteiger partial charge on any atom is -0.450 e. The van der Waals surface area contributed by atoms with Crippen LogP contribution in [-0.2, 0) is 6.18 Å². The molecule has 2 aromatic carbocycles. The van der Waals surface area contributed by atoms with E-state index in [-0.39, 0.29) is 11.3 Å². The molecular weight excluding hydrogens is 339 g/mol. The van der Waals surface area contributed by atoms with Crippen LogP contribution in [0.1, 0.15) is 15.9 Å². The highest BCUT2D eigenvalue weighted by Gasteiger charge is 2.36. The molecule has 0 atom stereocenters. The summed E-state index contributed by atoms with van der Waals surface area (Å²) in [5, 5.41) is 10.3. The van der Waals surface area contributed by atoms with Gasteiger partial charge in [0.2, 0.25) is 5.75 Å². The van der Waals surface area contributed by atoms with E-state index in [1.165, 1.54) is 24.3 Å². The Balaban J connectivity index is 2.51. The fraction of sp³-hybridized carbons (Fsp3) is 0.0714. The Morgan fingerprint density at radius 2 is 1.91 bits per heavy atom. The maximum atomic E-state index is 12.8. The average molecular weight is 346 g/mol. The number of nitro groups is 1. The van der Waals surface area contributed by atoms with Crippen molar-refractivity contribution in [1.82, 2.24) is 0 Å². The van der Waals surface area contributed by atoms with Gasteiger partial charge in [0.25, 0.3) is 0 Å². The van der Waals surface area contributed by atoms with E-state index in [1.807, 2.05) is 0 Å². The van der Waals surface area contributed by atoms with Crippen LogP contribution in [0.15, 0.2) is 36.4 Å². The molecule has 5 nitrogen and oxygen atoms in total. The van der Waals surface area contributed by atoms with Crippen LogP contribution in [0, 0.1) is 10.1 Å². The van der Waals surface area contributed by atoms with Crippen LogP contribution >= 0.6 is 11.6 Å². The Hall–Kier alpha value is -2.61. The average Bonchev–Trinajstić information content (AvgIpc) is 2.45. The molecule has 0 fully saturated rings. The number of hydrogen-bond acceptors (Lipinski definition) is 4. The highest BCUT2D eigenvalue weighted by molar-refractivity contribution is 6.31. The van der Waals surface area contributed by atoms with E-state index in [2.05, 4.69) is 0 Å². The van der Waals surface area contributed by atoms with Gasteiger partial charge in [-0.25, -0.2) is 0 Å². The minimum absolute atomic E-state index is 0.0496. The first kappa shape index (κ1) is 16.8. The summed E-state index contributed by atoms with van der Waals surface area (Å²) in [4.78, 5) is 20.7. The normalized spacial score (nSPS) is 11.1. The standard InChI is InChI=1S/C14H7ClF3NO4/c15-11-6-13(23-9-3-1-2-8(4-9)7-20)12(19(21)22)5-10(11)14(16,17)18/h1-7H. The van der Waals surface area contributed by atoms with Gasteiger partial charge in [0.05, 0.1) is 15.5 Å². The minimum atomic E-state index is -4.84. The van der Waals surface area contributed by atoms with Crippen LogP contribution in [0.2, 0.25) is 5.02 Å². The first-order chi connectivity index (χ1) is 10.7. The molecule has 0 unspecified atom stereocenters. The third-order valence-corrected chi connectivity index (χ3v) is 3.09. The number of rotatable bonds is 4. The summed E-state index contributed by atoms with van der Waals surface area (Å²) in [6, 6.07) is 6.62. The van der Waals surface area contributed by atoms with Crippen LogP contribution in [-0.4, -0.2) is 11.2 Å². The van der Waals surface area contributed by atoms with Crippen molar-refractivity contribution in [2.24, 2.45) is 0 Å². The number of carbonyl (C=O) groups excluding carboxylic acids is 1. The molecule has 2 rings (SSSR count). The molecule has 120 valence electrons. The van der Waals surface area contributed by atoms with Gasteiger partial charge in [0.1, 0.15) is 12.0 Å². The SMILES string of the molecule is O=Cc1cccc(Oc2cc(Cl)c(C(F)(F)F)cc2[N+](=O)[O-])c1. The van der Waals surface area contributed by atoms with E-state index in [0.717, 1.165) is 6.07 Å². The topological polar surface area (TPSA) is 69.4 Å². The molecule has 0 aliphatic rings. The second-order valence-electron chi connectivity index (χ2n) is 4.35. The van der Waals surface area contributed by atoms with Crippen molar-refractivity contribution < 1.29 is 27.6 Å². The molecule has 0 saturated heterocycles. The van der Waals surface area contributed by atoms with Crippen molar-refractivity contribution in [1.29, 1.82) is 0 Å². The molecule has 0 radical (unpaired) electrons. The molecule has 0 aromatic heterocycles. The van der Waals surface area contributed by atoms with Gasteiger partial charge >= 0.3 is 11.9 Å². The van der Waals surface area contributed by atoms with Gasteiger partial charge in [0, 0.05) is 17.7 Å². The lowest BCUT2D eigenvalue weighted by Gasteiger charge is -2.12. The summed E-state index contributed by atoms with van der Waals surface area (Å²) in [7, 11) is 0. The quantitative estimate of drug-likeness (QED) is 0.450. The molecule has 0 heterocycles. The summed E-state index contributed by atoms with van der Waals surface area (Å²) in [6.45, 7) is 0. The molecule has 23 heavy (non-hydrogen) atoms. The van der Waals surface area contributed by atoms with Crippen molar-refractivity contribution >= 4 is 23.6 Å². The molecule has 0 bridgehead atoms.